The third-order valence-corrected chi connectivity index (χ3v) is 4.31. The predicted molar refractivity (Wildman–Crippen MR) is 83.0 cm³/mol. The molecule has 10 heteroatoms. The highest BCUT2D eigenvalue weighted by molar-refractivity contribution is 8.13. The van der Waals surface area contributed by atoms with E-state index in [4.69, 9.17) is 0 Å². The molecule has 1 aliphatic carbocycles. The molecular formula is C13H21N3O6S. The van der Waals surface area contributed by atoms with Crippen molar-refractivity contribution >= 4 is 28.7 Å². The molecule has 0 aromatic heterocycles. The van der Waals surface area contributed by atoms with Gasteiger partial charge >= 0.3 is 0 Å². The highest BCUT2D eigenvalue weighted by Crippen LogP contribution is 2.21. The number of nitrogens with one attached hydrogen (secondary N) is 2. The summed E-state index contributed by atoms with van der Waals surface area (Å²) in [6, 6.07) is -0.901. The minimum Gasteiger partial charge on any atom is -0.352 e. The SMILES string of the molecule is CC(=O)NC(CSC(C)=O)C(=O)NC1CCC(O[N+](=O)[O-])CC1. The second-order valence-electron chi connectivity index (χ2n) is 5.37. The summed E-state index contributed by atoms with van der Waals surface area (Å²) in [5.41, 5.74) is 0. The molecule has 0 heterocycles. The first-order chi connectivity index (χ1) is 10.8. The molecule has 0 bridgehead atoms. The van der Waals surface area contributed by atoms with Crippen LogP contribution in [0.3, 0.4) is 0 Å². The van der Waals surface area contributed by atoms with E-state index < -0.39 is 17.2 Å². The zero-order valence-corrected chi connectivity index (χ0v) is 13.9. The van der Waals surface area contributed by atoms with Crippen LogP contribution in [0.4, 0.5) is 0 Å². The van der Waals surface area contributed by atoms with E-state index in [9.17, 15) is 24.5 Å². The van der Waals surface area contributed by atoms with Crippen LogP contribution in [0.5, 0.6) is 0 Å². The Balaban J connectivity index is 2.46. The lowest BCUT2D eigenvalue weighted by molar-refractivity contribution is -0.769. The molecule has 1 aliphatic rings. The Morgan fingerprint density at radius 1 is 1.26 bits per heavy atom. The van der Waals surface area contributed by atoms with Gasteiger partial charge in [-0.15, -0.1) is 10.1 Å². The number of carbonyl (C=O) groups is 3. The van der Waals surface area contributed by atoms with E-state index in [1.807, 2.05) is 0 Å². The van der Waals surface area contributed by atoms with Gasteiger partial charge in [0.05, 0.1) is 0 Å². The van der Waals surface area contributed by atoms with Gasteiger partial charge in [0.15, 0.2) is 5.12 Å². The Labute approximate surface area is 138 Å². The number of nitrogens with zero attached hydrogens (tertiary/aromatic N) is 1. The monoisotopic (exact) mass is 347 g/mol. The minimum absolute atomic E-state index is 0.118. The molecule has 0 saturated heterocycles. The number of thioether (sulfide) groups is 1. The first-order valence-electron chi connectivity index (χ1n) is 7.30. The summed E-state index contributed by atoms with van der Waals surface area (Å²) in [4.78, 5) is 49.2. The van der Waals surface area contributed by atoms with Crippen molar-refractivity contribution in [3.8, 4) is 0 Å². The zero-order chi connectivity index (χ0) is 17.4. The highest BCUT2D eigenvalue weighted by atomic mass is 32.2. The van der Waals surface area contributed by atoms with Gasteiger partial charge in [-0.1, -0.05) is 11.8 Å². The maximum atomic E-state index is 12.2. The molecule has 2 amide bonds. The molecule has 9 nitrogen and oxygen atoms in total. The molecule has 0 radical (unpaired) electrons. The average molecular weight is 347 g/mol. The van der Waals surface area contributed by atoms with Crippen molar-refractivity contribution in [2.45, 2.75) is 57.7 Å². The number of carbonyl (C=O) groups excluding carboxylic acids is 3. The van der Waals surface area contributed by atoms with Crippen molar-refractivity contribution in [3.63, 3.8) is 0 Å². The summed E-state index contributed by atoms with van der Waals surface area (Å²) in [6.45, 7) is 2.70. The van der Waals surface area contributed by atoms with Gasteiger partial charge in [-0.3, -0.25) is 14.4 Å². The van der Waals surface area contributed by atoms with Gasteiger partial charge in [-0.2, -0.15) is 0 Å². The van der Waals surface area contributed by atoms with E-state index in [1.54, 1.807) is 0 Å². The van der Waals surface area contributed by atoms with E-state index in [2.05, 4.69) is 15.5 Å². The fraction of sp³-hybridized carbons (Fsp3) is 0.769. The predicted octanol–water partition coefficient (Wildman–Crippen LogP) is 0.407. The Bertz CT molecular complexity index is 465. The first-order valence-corrected chi connectivity index (χ1v) is 8.28. The number of hydrogen-bond acceptors (Lipinski definition) is 7. The van der Waals surface area contributed by atoms with Crippen molar-refractivity contribution < 1.29 is 24.3 Å². The van der Waals surface area contributed by atoms with Crippen molar-refractivity contribution in [2.24, 2.45) is 0 Å². The van der Waals surface area contributed by atoms with E-state index in [0.717, 1.165) is 11.8 Å². The standard InChI is InChI=1S/C13H21N3O6S/c1-8(17)14-12(7-23-9(2)18)13(19)15-10-3-5-11(6-4-10)22-16(20)21/h10-12H,3-7H2,1-2H3,(H,14,17)(H,15,19). The third-order valence-electron chi connectivity index (χ3n) is 3.40. The van der Waals surface area contributed by atoms with Crippen LogP contribution >= 0.6 is 11.8 Å². The average Bonchev–Trinajstić information content (AvgIpc) is 2.44. The molecule has 0 spiro atoms. The van der Waals surface area contributed by atoms with Gasteiger partial charge < -0.3 is 15.5 Å². The van der Waals surface area contributed by atoms with Gasteiger partial charge in [-0.05, 0) is 25.7 Å². The summed E-state index contributed by atoms with van der Waals surface area (Å²) in [7, 11) is 0. The third kappa shape index (κ3) is 7.82. The molecule has 2 N–H and O–H groups in total. The van der Waals surface area contributed by atoms with Crippen molar-refractivity contribution in [1.82, 2.24) is 10.6 Å². The van der Waals surface area contributed by atoms with E-state index in [1.165, 1.54) is 13.8 Å². The Hall–Kier alpha value is -1.84. The van der Waals surface area contributed by atoms with Crippen molar-refractivity contribution in [1.29, 1.82) is 0 Å². The molecule has 0 aliphatic heterocycles. The van der Waals surface area contributed by atoms with Gasteiger partial charge in [0.2, 0.25) is 11.8 Å². The molecule has 23 heavy (non-hydrogen) atoms. The summed E-state index contributed by atoms with van der Waals surface area (Å²) >= 11 is 0.970. The molecule has 0 aromatic carbocycles. The fourth-order valence-electron chi connectivity index (χ4n) is 2.37. The van der Waals surface area contributed by atoms with Crippen LogP contribution < -0.4 is 10.6 Å². The fourth-order valence-corrected chi connectivity index (χ4v) is 3.00. The van der Waals surface area contributed by atoms with Crippen LogP contribution in [0.1, 0.15) is 39.5 Å². The normalized spacial score (nSPS) is 21.8. The maximum Gasteiger partial charge on any atom is 0.294 e. The van der Waals surface area contributed by atoms with Gasteiger partial charge in [0.1, 0.15) is 12.1 Å². The molecule has 130 valence electrons. The van der Waals surface area contributed by atoms with E-state index in [0.29, 0.717) is 25.7 Å². The van der Waals surface area contributed by atoms with Gasteiger partial charge in [0.25, 0.3) is 5.09 Å². The molecular weight excluding hydrogens is 326 g/mol. The largest absolute Gasteiger partial charge is 0.352 e. The Kier molecular flexibility index (Phi) is 7.79. The summed E-state index contributed by atoms with van der Waals surface area (Å²) in [5.74, 6) is -0.537. The number of hydrogen-bond donors (Lipinski definition) is 2. The number of amides is 2. The summed E-state index contributed by atoms with van der Waals surface area (Å²) < 4.78 is 0. The minimum atomic E-state index is -0.796. The summed E-state index contributed by atoms with van der Waals surface area (Å²) in [6.07, 6.45) is 1.67. The van der Waals surface area contributed by atoms with Crippen LogP contribution in [-0.4, -0.2) is 46.0 Å². The van der Waals surface area contributed by atoms with Crippen molar-refractivity contribution in [2.75, 3.05) is 5.75 Å². The second-order valence-corrected chi connectivity index (χ2v) is 6.56. The quantitative estimate of drug-likeness (QED) is 0.504. The Morgan fingerprint density at radius 3 is 2.35 bits per heavy atom. The van der Waals surface area contributed by atoms with Gasteiger partial charge in [-0.25, -0.2) is 0 Å². The Morgan fingerprint density at radius 2 is 1.87 bits per heavy atom. The summed E-state index contributed by atoms with van der Waals surface area (Å²) in [5, 5.41) is 14.7. The van der Waals surface area contributed by atoms with Gasteiger partial charge in [0, 0.05) is 25.6 Å². The smallest absolute Gasteiger partial charge is 0.294 e. The molecule has 1 rings (SSSR count). The topological polar surface area (TPSA) is 128 Å². The molecule has 1 atom stereocenters. The van der Waals surface area contributed by atoms with Crippen molar-refractivity contribution in [3.05, 3.63) is 10.1 Å². The number of rotatable bonds is 7. The van der Waals surface area contributed by atoms with Crippen LogP contribution in [-0.2, 0) is 19.2 Å². The van der Waals surface area contributed by atoms with Crippen LogP contribution in [0.2, 0.25) is 0 Å². The molecule has 1 saturated carbocycles. The van der Waals surface area contributed by atoms with Crippen LogP contribution in [0, 0.1) is 10.1 Å². The van der Waals surface area contributed by atoms with E-state index in [-0.39, 0.29) is 28.7 Å². The second kappa shape index (κ2) is 9.33. The van der Waals surface area contributed by atoms with Crippen LogP contribution in [0.15, 0.2) is 0 Å². The maximum absolute atomic E-state index is 12.2. The molecule has 0 aromatic rings. The molecule has 1 fully saturated rings. The lowest BCUT2D eigenvalue weighted by Gasteiger charge is -2.29. The lowest BCUT2D eigenvalue weighted by atomic mass is 9.93. The first kappa shape index (κ1) is 19.2. The molecule has 1 unspecified atom stereocenters. The lowest BCUT2D eigenvalue weighted by Crippen LogP contribution is -2.51. The highest BCUT2D eigenvalue weighted by Gasteiger charge is 2.27. The van der Waals surface area contributed by atoms with E-state index >= 15 is 0 Å². The van der Waals surface area contributed by atoms with Crippen LogP contribution in [0.25, 0.3) is 0 Å². The zero-order valence-electron chi connectivity index (χ0n) is 13.1.